The molecule has 4 fully saturated rings. The zero-order valence-corrected chi connectivity index (χ0v) is 21.8. The molecular formula is C28H37ClFN3O2. The lowest BCUT2D eigenvalue weighted by molar-refractivity contribution is -0.151. The van der Waals surface area contributed by atoms with Crippen LogP contribution in [-0.4, -0.2) is 31.5 Å². The standard InChI is InChI=1S/C28H37ClFN3O2/c1-26(35)12-13-27(2)16(14-26)4-5-17-18-6-7-20(28(18,3)11-10-19(17)27)23(34)15-33-31-22-9-8-21(29)24(30)25(22)32-33/h8-9,16-20,35H,4-7,10-15H2,1-3H3/t16-,17+,18+,19+,20-,26-,27+,28+/m1/s1. The van der Waals surface area contributed by atoms with Gasteiger partial charge in [0.15, 0.2) is 11.6 Å². The van der Waals surface area contributed by atoms with Gasteiger partial charge in [-0.05, 0) is 111 Å². The summed E-state index contributed by atoms with van der Waals surface area (Å²) in [5.74, 6) is 2.18. The molecule has 0 aliphatic heterocycles. The number of fused-ring (bicyclic) bond motifs is 6. The van der Waals surface area contributed by atoms with Gasteiger partial charge in [0.25, 0.3) is 0 Å². The van der Waals surface area contributed by atoms with Gasteiger partial charge in [-0.25, -0.2) is 4.39 Å². The molecule has 0 saturated heterocycles. The topological polar surface area (TPSA) is 68.0 Å². The molecule has 8 atom stereocenters. The third-order valence-electron chi connectivity index (χ3n) is 11.1. The Kier molecular flexibility index (Phi) is 5.44. The summed E-state index contributed by atoms with van der Waals surface area (Å²) in [6.07, 6.45) is 9.72. The van der Waals surface area contributed by atoms with Gasteiger partial charge >= 0.3 is 0 Å². The molecular weight excluding hydrogens is 465 g/mol. The Morgan fingerprint density at radius 1 is 1.06 bits per heavy atom. The van der Waals surface area contributed by atoms with Crippen LogP contribution in [0.25, 0.3) is 11.0 Å². The molecule has 5 nitrogen and oxygen atoms in total. The van der Waals surface area contributed by atoms with Gasteiger partial charge in [-0.15, -0.1) is 5.10 Å². The molecule has 7 heteroatoms. The summed E-state index contributed by atoms with van der Waals surface area (Å²) in [7, 11) is 0. The van der Waals surface area contributed by atoms with Crippen molar-refractivity contribution in [1.82, 2.24) is 15.0 Å². The average Bonchev–Trinajstić information content (AvgIpc) is 3.37. The van der Waals surface area contributed by atoms with E-state index in [0.717, 1.165) is 38.5 Å². The van der Waals surface area contributed by atoms with E-state index in [0.29, 0.717) is 34.6 Å². The van der Waals surface area contributed by atoms with Gasteiger partial charge in [0.05, 0.1) is 10.6 Å². The zero-order valence-electron chi connectivity index (χ0n) is 21.1. The molecule has 1 N–H and O–H groups in total. The van der Waals surface area contributed by atoms with Crippen LogP contribution in [0.3, 0.4) is 0 Å². The normalized spacial score (nSPS) is 43.0. The average molecular weight is 502 g/mol. The van der Waals surface area contributed by atoms with Crippen molar-refractivity contribution in [3.05, 3.63) is 23.0 Å². The summed E-state index contributed by atoms with van der Waals surface area (Å²) in [6.45, 7) is 6.96. The van der Waals surface area contributed by atoms with Crippen molar-refractivity contribution in [2.75, 3.05) is 0 Å². The molecule has 0 spiro atoms. The minimum absolute atomic E-state index is 0.00798. The fraction of sp³-hybridized carbons (Fsp3) is 0.750. The van der Waals surface area contributed by atoms with Crippen molar-refractivity contribution in [2.24, 2.45) is 40.4 Å². The lowest BCUT2D eigenvalue weighted by atomic mass is 9.44. The van der Waals surface area contributed by atoms with Crippen molar-refractivity contribution in [1.29, 1.82) is 0 Å². The monoisotopic (exact) mass is 501 g/mol. The first kappa shape index (κ1) is 23.8. The Hall–Kier alpha value is -1.53. The highest BCUT2D eigenvalue weighted by atomic mass is 35.5. The first-order valence-corrected chi connectivity index (χ1v) is 13.8. The number of Topliss-reactive ketones (excluding diaryl/α,β-unsaturated/α-hetero) is 1. The van der Waals surface area contributed by atoms with Crippen LogP contribution in [0, 0.1) is 46.2 Å². The minimum Gasteiger partial charge on any atom is -0.390 e. The van der Waals surface area contributed by atoms with Crippen LogP contribution in [-0.2, 0) is 11.3 Å². The number of carbonyl (C=O) groups excluding carboxylic acids is 1. The highest BCUT2D eigenvalue weighted by molar-refractivity contribution is 6.31. The SMILES string of the molecule is C[C@@]1(O)CC[C@@]2(C)[C@H](CC[C@@H]3[C@@H]2CC[C@]2(C)[C@@H](C(=O)Cn4nc5ccc(Cl)c(F)c5n4)CC[C@@H]32)C1. The van der Waals surface area contributed by atoms with Crippen LogP contribution >= 0.6 is 11.6 Å². The van der Waals surface area contributed by atoms with Gasteiger partial charge in [0.1, 0.15) is 17.6 Å². The van der Waals surface area contributed by atoms with Gasteiger partial charge < -0.3 is 5.11 Å². The van der Waals surface area contributed by atoms with Gasteiger partial charge in [0, 0.05) is 5.92 Å². The predicted molar refractivity (Wildman–Crippen MR) is 133 cm³/mol. The van der Waals surface area contributed by atoms with Crippen LogP contribution in [0.15, 0.2) is 12.1 Å². The predicted octanol–water partition coefficient (Wildman–Crippen LogP) is 6.20. The van der Waals surface area contributed by atoms with Crippen LogP contribution in [0.5, 0.6) is 0 Å². The Morgan fingerprint density at radius 3 is 2.63 bits per heavy atom. The van der Waals surface area contributed by atoms with E-state index in [9.17, 15) is 14.3 Å². The molecule has 1 heterocycles. The Bertz CT molecular complexity index is 1180. The molecule has 0 radical (unpaired) electrons. The second-order valence-electron chi connectivity index (χ2n) is 13.0. The molecule has 35 heavy (non-hydrogen) atoms. The fourth-order valence-corrected chi connectivity index (χ4v) is 9.40. The lowest BCUT2D eigenvalue weighted by Crippen LogP contribution is -2.55. The van der Waals surface area contributed by atoms with E-state index in [4.69, 9.17) is 11.6 Å². The lowest BCUT2D eigenvalue weighted by Gasteiger charge is -2.61. The van der Waals surface area contributed by atoms with Crippen LogP contribution < -0.4 is 0 Å². The summed E-state index contributed by atoms with van der Waals surface area (Å²) in [6, 6.07) is 3.12. The van der Waals surface area contributed by atoms with E-state index in [-0.39, 0.29) is 34.2 Å². The first-order valence-electron chi connectivity index (χ1n) is 13.5. The van der Waals surface area contributed by atoms with Crippen LogP contribution in [0.1, 0.15) is 78.6 Å². The molecule has 190 valence electrons. The van der Waals surface area contributed by atoms with E-state index in [1.54, 1.807) is 6.07 Å². The van der Waals surface area contributed by atoms with Crippen molar-refractivity contribution in [3.63, 3.8) is 0 Å². The highest BCUT2D eigenvalue weighted by Crippen LogP contribution is 2.68. The number of nitrogens with zero attached hydrogens (tertiary/aromatic N) is 3. The number of ketones is 1. The number of halogens is 2. The number of aliphatic hydroxyl groups is 1. The second-order valence-corrected chi connectivity index (χ2v) is 13.4. The van der Waals surface area contributed by atoms with Gasteiger partial charge in [-0.2, -0.15) is 9.90 Å². The van der Waals surface area contributed by atoms with Gasteiger partial charge in [-0.3, -0.25) is 4.79 Å². The molecule has 0 amide bonds. The molecule has 4 aliphatic carbocycles. The van der Waals surface area contributed by atoms with E-state index in [1.165, 1.54) is 30.1 Å². The number of rotatable bonds is 3. The number of carbonyl (C=O) groups is 1. The number of aromatic nitrogens is 3. The maximum atomic E-state index is 14.3. The molecule has 4 saturated carbocycles. The largest absolute Gasteiger partial charge is 0.390 e. The van der Waals surface area contributed by atoms with Crippen molar-refractivity contribution in [3.8, 4) is 0 Å². The summed E-state index contributed by atoms with van der Waals surface area (Å²) >= 11 is 5.89. The molecule has 4 aliphatic rings. The highest BCUT2D eigenvalue weighted by Gasteiger charge is 2.61. The molecule has 2 aromatic rings. The zero-order chi connectivity index (χ0) is 24.8. The maximum absolute atomic E-state index is 14.3. The van der Waals surface area contributed by atoms with E-state index in [1.807, 2.05) is 6.92 Å². The van der Waals surface area contributed by atoms with Crippen LogP contribution in [0.4, 0.5) is 4.39 Å². The van der Waals surface area contributed by atoms with Gasteiger partial charge in [0.2, 0.25) is 0 Å². The van der Waals surface area contributed by atoms with Crippen molar-refractivity contribution in [2.45, 2.75) is 90.7 Å². The third-order valence-corrected chi connectivity index (χ3v) is 11.4. The minimum atomic E-state index is -0.581. The molecule has 0 unspecified atom stereocenters. The second kappa shape index (κ2) is 7.98. The maximum Gasteiger partial charge on any atom is 0.171 e. The van der Waals surface area contributed by atoms with Gasteiger partial charge in [-0.1, -0.05) is 25.4 Å². The summed E-state index contributed by atoms with van der Waals surface area (Å²) in [5, 5.41) is 19.3. The molecule has 1 aromatic carbocycles. The number of hydrogen-bond acceptors (Lipinski definition) is 4. The van der Waals surface area contributed by atoms with Crippen LogP contribution in [0.2, 0.25) is 5.02 Å². The molecule has 6 rings (SSSR count). The summed E-state index contributed by atoms with van der Waals surface area (Å²) in [4.78, 5) is 14.9. The number of hydrogen-bond donors (Lipinski definition) is 1. The third kappa shape index (κ3) is 3.60. The van der Waals surface area contributed by atoms with Crippen molar-refractivity contribution < 1.29 is 14.3 Å². The molecule has 0 bridgehead atoms. The number of benzene rings is 1. The van der Waals surface area contributed by atoms with E-state index >= 15 is 0 Å². The fourth-order valence-electron chi connectivity index (χ4n) is 9.25. The Balaban J connectivity index is 1.21. The van der Waals surface area contributed by atoms with E-state index < -0.39 is 11.4 Å². The Labute approximate surface area is 211 Å². The summed E-state index contributed by atoms with van der Waals surface area (Å²) in [5.41, 5.74) is 0.372. The van der Waals surface area contributed by atoms with E-state index in [2.05, 4.69) is 24.0 Å². The smallest absolute Gasteiger partial charge is 0.171 e. The Morgan fingerprint density at radius 2 is 1.83 bits per heavy atom. The first-order chi connectivity index (χ1) is 16.5. The summed E-state index contributed by atoms with van der Waals surface area (Å²) < 4.78 is 14.3. The molecule has 1 aromatic heterocycles. The van der Waals surface area contributed by atoms with Crippen molar-refractivity contribution >= 4 is 28.4 Å². The quantitative estimate of drug-likeness (QED) is 0.543.